The highest BCUT2D eigenvalue weighted by Crippen LogP contribution is 2.27. The lowest BCUT2D eigenvalue weighted by Crippen LogP contribution is -2.09. The van der Waals surface area contributed by atoms with Gasteiger partial charge in [0, 0.05) is 6.42 Å². The maximum atomic E-state index is 10.5. The monoisotopic (exact) mass is 388 g/mol. The Kier molecular flexibility index (Phi) is 6.75. The summed E-state index contributed by atoms with van der Waals surface area (Å²) in [6, 6.07) is 7.05. The van der Waals surface area contributed by atoms with Gasteiger partial charge in [0.15, 0.2) is 12.4 Å². The molecule has 0 amide bonds. The molecule has 0 aliphatic heterocycles. The summed E-state index contributed by atoms with van der Waals surface area (Å²) in [5.74, 6) is 1.13. The first-order valence-corrected chi connectivity index (χ1v) is 9.68. The molecule has 2 aromatic rings. The summed E-state index contributed by atoms with van der Waals surface area (Å²) in [5.41, 5.74) is 0.860. The van der Waals surface area contributed by atoms with E-state index in [-0.39, 0.29) is 6.61 Å². The number of ether oxygens (including phenoxy) is 1. The fourth-order valence-electron chi connectivity index (χ4n) is 3.33. The van der Waals surface area contributed by atoms with E-state index < -0.39 is 5.97 Å². The van der Waals surface area contributed by atoms with Gasteiger partial charge in [-0.25, -0.2) is 4.79 Å². The highest BCUT2D eigenvalue weighted by atomic mass is 32.1. The Balaban J connectivity index is 1.61. The molecule has 8 heteroatoms. The molecule has 1 saturated carbocycles. The van der Waals surface area contributed by atoms with Gasteiger partial charge in [0.25, 0.3) is 0 Å². The van der Waals surface area contributed by atoms with Crippen LogP contribution in [0.4, 0.5) is 0 Å². The Bertz CT molecular complexity index is 835. The van der Waals surface area contributed by atoms with Crippen LogP contribution >= 0.6 is 12.2 Å². The van der Waals surface area contributed by atoms with E-state index in [1.165, 1.54) is 32.1 Å². The second kappa shape index (κ2) is 9.45. The molecule has 1 heterocycles. The van der Waals surface area contributed by atoms with Crippen LogP contribution in [0.25, 0.3) is 0 Å². The first-order chi connectivity index (χ1) is 13.1. The number of H-pyrrole nitrogens is 1. The molecule has 0 atom stereocenters. The minimum atomic E-state index is -1.00. The number of hydrogen-bond acceptors (Lipinski definition) is 5. The van der Waals surface area contributed by atoms with Gasteiger partial charge < -0.3 is 9.84 Å². The summed E-state index contributed by atoms with van der Waals surface area (Å²) >= 11 is 5.29. The van der Waals surface area contributed by atoms with Crippen molar-refractivity contribution >= 4 is 24.4 Å². The second-order valence-corrected chi connectivity index (χ2v) is 7.18. The molecule has 7 nitrogen and oxygen atoms in total. The molecule has 0 spiro atoms. The molecule has 144 valence electrons. The van der Waals surface area contributed by atoms with Gasteiger partial charge in [0.1, 0.15) is 5.75 Å². The van der Waals surface area contributed by atoms with Gasteiger partial charge in [0.05, 0.1) is 6.21 Å². The molecule has 1 aliphatic rings. The zero-order chi connectivity index (χ0) is 19.1. The highest BCUT2D eigenvalue weighted by molar-refractivity contribution is 7.71. The summed E-state index contributed by atoms with van der Waals surface area (Å²) in [6.07, 6.45) is 10.3. The number of carbonyl (C=O) groups is 1. The maximum absolute atomic E-state index is 10.5. The van der Waals surface area contributed by atoms with Crippen LogP contribution in [0, 0.1) is 10.7 Å². The van der Waals surface area contributed by atoms with Crippen molar-refractivity contribution in [1.29, 1.82) is 0 Å². The molecule has 0 bridgehead atoms. The molecule has 27 heavy (non-hydrogen) atoms. The second-order valence-electron chi connectivity index (χ2n) is 6.80. The molecule has 1 aliphatic carbocycles. The zero-order valence-electron chi connectivity index (χ0n) is 15.1. The number of aliphatic carboxylic acids is 1. The number of aromatic amines is 1. The summed E-state index contributed by atoms with van der Waals surface area (Å²) < 4.78 is 7.27. The van der Waals surface area contributed by atoms with E-state index in [1.54, 1.807) is 23.0 Å². The molecule has 0 saturated heterocycles. The Morgan fingerprint density at radius 2 is 2.07 bits per heavy atom. The van der Waals surface area contributed by atoms with Crippen LogP contribution in [0.5, 0.6) is 5.75 Å². The van der Waals surface area contributed by atoms with Crippen LogP contribution in [0.15, 0.2) is 29.4 Å². The quantitative estimate of drug-likeness (QED) is 0.530. The number of carboxylic acid groups (broad SMARTS) is 1. The van der Waals surface area contributed by atoms with E-state index >= 15 is 0 Å². The fourth-order valence-corrected chi connectivity index (χ4v) is 3.53. The Morgan fingerprint density at radius 1 is 1.33 bits per heavy atom. The number of hydrogen-bond donors (Lipinski definition) is 2. The zero-order valence-corrected chi connectivity index (χ0v) is 16.0. The van der Waals surface area contributed by atoms with Crippen molar-refractivity contribution in [3.05, 3.63) is 40.4 Å². The fraction of sp³-hybridized carbons (Fsp3) is 0.474. The van der Waals surface area contributed by atoms with Crippen molar-refractivity contribution in [3.63, 3.8) is 0 Å². The van der Waals surface area contributed by atoms with Crippen LogP contribution in [0.2, 0.25) is 0 Å². The lowest BCUT2D eigenvalue weighted by molar-refractivity contribution is -0.139. The van der Waals surface area contributed by atoms with Crippen molar-refractivity contribution in [2.75, 3.05) is 6.61 Å². The van der Waals surface area contributed by atoms with E-state index in [4.69, 9.17) is 22.1 Å². The van der Waals surface area contributed by atoms with Crippen LogP contribution in [-0.2, 0) is 11.2 Å². The lowest BCUT2D eigenvalue weighted by Gasteiger charge is -2.20. The van der Waals surface area contributed by atoms with Gasteiger partial charge in [-0.3, -0.25) is 5.10 Å². The number of aryl methyl sites for hydroxylation is 1. The smallest absolute Gasteiger partial charge is 0.341 e. The number of nitrogens with zero attached hydrogens (tertiary/aromatic N) is 3. The van der Waals surface area contributed by atoms with Gasteiger partial charge in [-0.05, 0) is 54.4 Å². The third-order valence-electron chi connectivity index (χ3n) is 4.78. The predicted octanol–water partition coefficient (Wildman–Crippen LogP) is 3.80. The van der Waals surface area contributed by atoms with E-state index in [9.17, 15) is 4.79 Å². The van der Waals surface area contributed by atoms with Gasteiger partial charge >= 0.3 is 5.97 Å². The summed E-state index contributed by atoms with van der Waals surface area (Å²) in [5, 5.41) is 20.2. The average molecular weight is 388 g/mol. The molecule has 1 aromatic carbocycles. The number of nitrogens with one attached hydrogen (secondary N) is 1. The van der Waals surface area contributed by atoms with Crippen molar-refractivity contribution in [3.8, 4) is 5.75 Å². The largest absolute Gasteiger partial charge is 0.482 e. The molecule has 1 aromatic heterocycles. The van der Waals surface area contributed by atoms with Crippen LogP contribution < -0.4 is 4.74 Å². The normalized spacial score (nSPS) is 15.3. The van der Waals surface area contributed by atoms with Gasteiger partial charge in [-0.2, -0.15) is 14.9 Å². The number of aromatic nitrogens is 3. The molecule has 0 unspecified atom stereocenters. The minimum absolute atomic E-state index is 0.359. The van der Waals surface area contributed by atoms with Crippen molar-refractivity contribution < 1.29 is 14.6 Å². The van der Waals surface area contributed by atoms with Gasteiger partial charge in [-0.1, -0.05) is 32.1 Å². The third-order valence-corrected chi connectivity index (χ3v) is 5.05. The molecular formula is C19H24N4O3S. The average Bonchev–Trinajstić information content (AvgIpc) is 3.04. The maximum Gasteiger partial charge on any atom is 0.341 e. The van der Waals surface area contributed by atoms with Crippen molar-refractivity contribution in [2.24, 2.45) is 11.0 Å². The lowest BCUT2D eigenvalue weighted by atomic mass is 9.86. The Labute approximate surface area is 163 Å². The van der Waals surface area contributed by atoms with E-state index in [0.717, 1.165) is 30.1 Å². The molecular weight excluding hydrogens is 364 g/mol. The molecule has 0 radical (unpaired) electrons. The number of benzene rings is 1. The minimum Gasteiger partial charge on any atom is -0.482 e. The van der Waals surface area contributed by atoms with Crippen molar-refractivity contribution in [2.45, 2.75) is 44.9 Å². The Hall–Kier alpha value is -2.48. The number of carboxylic acids is 1. The van der Waals surface area contributed by atoms with Gasteiger partial charge in [-0.15, -0.1) is 0 Å². The predicted molar refractivity (Wildman–Crippen MR) is 105 cm³/mol. The molecule has 3 rings (SSSR count). The summed E-state index contributed by atoms with van der Waals surface area (Å²) in [6.45, 7) is -0.359. The first-order valence-electron chi connectivity index (χ1n) is 9.27. The number of rotatable bonds is 8. The SMILES string of the molecule is O=C(O)COc1ccc(/C=N\n2c(CCC3CCCCC3)n[nH]c2=S)cc1. The topological polar surface area (TPSA) is 92.5 Å². The van der Waals surface area contributed by atoms with Crippen LogP contribution in [-0.4, -0.2) is 38.8 Å². The van der Waals surface area contributed by atoms with Crippen LogP contribution in [0.1, 0.15) is 49.9 Å². The first kappa shape index (κ1) is 19.3. The van der Waals surface area contributed by atoms with Gasteiger partial charge in [0.2, 0.25) is 4.77 Å². The van der Waals surface area contributed by atoms with E-state index in [0.29, 0.717) is 10.5 Å². The standard InChI is InChI=1S/C19H24N4O3S/c24-18(25)13-26-16-9-6-15(7-10-16)12-20-23-17(21-22-19(23)27)11-8-14-4-2-1-3-5-14/h6-7,9-10,12,14H,1-5,8,11,13H2,(H,22,27)(H,24,25)/b20-12-. The molecule has 1 fully saturated rings. The molecule has 2 N–H and O–H groups in total. The van der Waals surface area contributed by atoms with Crippen molar-refractivity contribution in [1.82, 2.24) is 14.9 Å². The highest BCUT2D eigenvalue weighted by Gasteiger charge is 2.15. The summed E-state index contributed by atoms with van der Waals surface area (Å²) in [7, 11) is 0. The summed E-state index contributed by atoms with van der Waals surface area (Å²) in [4.78, 5) is 10.5. The Morgan fingerprint density at radius 3 is 2.78 bits per heavy atom. The third kappa shape index (κ3) is 5.75. The van der Waals surface area contributed by atoms with Crippen LogP contribution in [0.3, 0.4) is 0 Å². The van der Waals surface area contributed by atoms with E-state index in [2.05, 4.69) is 15.3 Å². The van der Waals surface area contributed by atoms with E-state index in [1.807, 2.05) is 12.1 Å².